The lowest BCUT2D eigenvalue weighted by atomic mass is 10.0. The predicted octanol–water partition coefficient (Wildman–Crippen LogP) is 4.25. The maximum absolute atomic E-state index is 12.7. The first-order valence-corrected chi connectivity index (χ1v) is 10.2. The molecule has 2 heterocycles. The minimum absolute atomic E-state index is 0.0428. The van der Waals surface area contributed by atoms with Crippen molar-refractivity contribution in [1.29, 1.82) is 0 Å². The average molecular weight is 411 g/mol. The van der Waals surface area contributed by atoms with Crippen molar-refractivity contribution in [2.75, 3.05) is 13.1 Å². The highest BCUT2D eigenvalue weighted by atomic mass is 35.5. The summed E-state index contributed by atoms with van der Waals surface area (Å²) in [6.45, 7) is 5.35. The van der Waals surface area contributed by atoms with Gasteiger partial charge >= 0.3 is 0 Å². The summed E-state index contributed by atoms with van der Waals surface area (Å²) in [5, 5.41) is 3.57. The van der Waals surface area contributed by atoms with Crippen LogP contribution in [0.3, 0.4) is 0 Å². The van der Waals surface area contributed by atoms with Gasteiger partial charge in [0.2, 0.25) is 0 Å². The topological polar surface area (TPSA) is 78.1 Å². The molecule has 2 amide bonds. The molecule has 0 saturated carbocycles. The largest absolute Gasteiger partial charge is 0.342 e. The molecule has 1 aromatic heterocycles. The zero-order valence-corrected chi connectivity index (χ0v) is 17.2. The number of aromatic amines is 1. The van der Waals surface area contributed by atoms with Crippen molar-refractivity contribution in [1.82, 2.24) is 20.2 Å². The van der Waals surface area contributed by atoms with Gasteiger partial charge in [0.05, 0.1) is 17.1 Å². The van der Waals surface area contributed by atoms with Crippen molar-refractivity contribution >= 4 is 34.4 Å². The third-order valence-corrected chi connectivity index (χ3v) is 5.57. The van der Waals surface area contributed by atoms with Crippen molar-refractivity contribution in [2.45, 2.75) is 32.7 Å². The molecule has 7 heteroatoms. The Morgan fingerprint density at radius 3 is 2.66 bits per heavy atom. The molecule has 0 bridgehead atoms. The van der Waals surface area contributed by atoms with E-state index in [9.17, 15) is 9.59 Å². The monoisotopic (exact) mass is 410 g/mol. The van der Waals surface area contributed by atoms with Crippen LogP contribution in [-0.4, -0.2) is 39.8 Å². The fourth-order valence-electron chi connectivity index (χ4n) is 3.69. The number of aryl methyl sites for hydroxylation is 1. The Labute approximate surface area is 174 Å². The molecular formula is C22H23ClN4O2. The molecule has 0 radical (unpaired) electrons. The average Bonchev–Trinajstić information content (AvgIpc) is 3.36. The van der Waals surface area contributed by atoms with E-state index in [0.29, 0.717) is 22.0 Å². The van der Waals surface area contributed by atoms with Gasteiger partial charge < -0.3 is 15.2 Å². The SMILES string of the molecule is Cc1cc(C(=O)N[C@H](C)c2nc3cc(Cl)ccc3[nH]2)ccc1C(=O)N1CCCC1. The highest BCUT2D eigenvalue weighted by Crippen LogP contribution is 2.21. The van der Waals surface area contributed by atoms with Crippen LogP contribution in [-0.2, 0) is 0 Å². The van der Waals surface area contributed by atoms with Crippen LogP contribution < -0.4 is 5.32 Å². The van der Waals surface area contributed by atoms with Crippen LogP contribution in [0.1, 0.15) is 57.9 Å². The summed E-state index contributed by atoms with van der Waals surface area (Å²) in [4.78, 5) is 34.9. The number of amides is 2. The maximum Gasteiger partial charge on any atom is 0.254 e. The van der Waals surface area contributed by atoms with Crippen molar-refractivity contribution in [2.24, 2.45) is 0 Å². The zero-order chi connectivity index (χ0) is 20.5. The second-order valence-corrected chi connectivity index (χ2v) is 7.94. The Balaban J connectivity index is 1.48. The molecule has 2 aromatic carbocycles. The van der Waals surface area contributed by atoms with Gasteiger partial charge in [-0.05, 0) is 68.7 Å². The molecule has 150 valence electrons. The van der Waals surface area contributed by atoms with E-state index >= 15 is 0 Å². The van der Waals surface area contributed by atoms with Crippen molar-refractivity contribution < 1.29 is 9.59 Å². The van der Waals surface area contributed by atoms with E-state index in [2.05, 4.69) is 15.3 Å². The smallest absolute Gasteiger partial charge is 0.254 e. The Morgan fingerprint density at radius 1 is 1.17 bits per heavy atom. The Kier molecular flexibility index (Phi) is 5.28. The lowest BCUT2D eigenvalue weighted by Gasteiger charge is -2.17. The Morgan fingerprint density at radius 2 is 1.93 bits per heavy atom. The first-order chi connectivity index (χ1) is 13.9. The van der Waals surface area contributed by atoms with Crippen LogP contribution in [0.5, 0.6) is 0 Å². The molecule has 0 unspecified atom stereocenters. The molecule has 1 aliphatic heterocycles. The number of aromatic nitrogens is 2. The number of nitrogens with one attached hydrogen (secondary N) is 2. The number of H-pyrrole nitrogens is 1. The van der Waals surface area contributed by atoms with Gasteiger partial charge in [-0.15, -0.1) is 0 Å². The van der Waals surface area contributed by atoms with Crippen LogP contribution in [0.2, 0.25) is 5.02 Å². The molecule has 1 saturated heterocycles. The van der Waals surface area contributed by atoms with Crippen LogP contribution in [0.4, 0.5) is 0 Å². The molecule has 6 nitrogen and oxygen atoms in total. The highest BCUT2D eigenvalue weighted by Gasteiger charge is 2.22. The molecule has 2 N–H and O–H groups in total. The van der Waals surface area contributed by atoms with Crippen molar-refractivity contribution in [3.8, 4) is 0 Å². The second-order valence-electron chi connectivity index (χ2n) is 7.51. The fourth-order valence-corrected chi connectivity index (χ4v) is 3.85. The van der Waals surface area contributed by atoms with Gasteiger partial charge in [0, 0.05) is 29.2 Å². The summed E-state index contributed by atoms with van der Waals surface area (Å²) in [5.74, 6) is 0.494. The number of hydrogen-bond acceptors (Lipinski definition) is 3. The number of imidazole rings is 1. The van der Waals surface area contributed by atoms with Crippen LogP contribution in [0.25, 0.3) is 11.0 Å². The van der Waals surface area contributed by atoms with E-state index in [0.717, 1.165) is 42.5 Å². The summed E-state index contributed by atoms with van der Waals surface area (Å²) in [5.41, 5.74) is 3.61. The first kappa shape index (κ1) is 19.5. The second kappa shape index (κ2) is 7.87. The molecule has 0 aliphatic carbocycles. The zero-order valence-electron chi connectivity index (χ0n) is 16.5. The van der Waals surface area contributed by atoms with Crippen molar-refractivity contribution in [3.63, 3.8) is 0 Å². The third-order valence-electron chi connectivity index (χ3n) is 5.33. The van der Waals surface area contributed by atoms with Gasteiger partial charge in [-0.25, -0.2) is 4.98 Å². The maximum atomic E-state index is 12.7. The van der Waals surface area contributed by atoms with Gasteiger partial charge in [-0.1, -0.05) is 11.6 Å². The summed E-state index contributed by atoms with van der Waals surface area (Å²) in [6, 6.07) is 10.4. The quantitative estimate of drug-likeness (QED) is 0.674. The van der Waals surface area contributed by atoms with E-state index in [1.807, 2.05) is 24.8 Å². The van der Waals surface area contributed by atoms with E-state index in [1.165, 1.54) is 0 Å². The minimum Gasteiger partial charge on any atom is -0.342 e. The standard InChI is InChI=1S/C22H23ClN4O2/c1-13-11-15(5-7-17(13)22(29)27-9-3-4-10-27)21(28)24-14(2)20-25-18-8-6-16(23)12-19(18)26-20/h5-8,11-12,14H,3-4,9-10H2,1-2H3,(H,24,28)(H,25,26)/t14-/m1/s1. The number of benzene rings is 2. The molecule has 1 atom stereocenters. The molecule has 1 fully saturated rings. The van der Waals surface area contributed by atoms with E-state index in [1.54, 1.807) is 30.3 Å². The molecule has 1 aliphatic rings. The highest BCUT2D eigenvalue weighted by molar-refractivity contribution is 6.31. The van der Waals surface area contributed by atoms with Crippen LogP contribution in [0, 0.1) is 6.92 Å². The number of halogens is 1. The lowest BCUT2D eigenvalue weighted by molar-refractivity contribution is 0.0791. The molecule has 3 aromatic rings. The first-order valence-electron chi connectivity index (χ1n) is 9.78. The third kappa shape index (κ3) is 3.98. The number of carbonyl (C=O) groups is 2. The van der Waals surface area contributed by atoms with Crippen LogP contribution >= 0.6 is 11.6 Å². The number of likely N-dealkylation sites (tertiary alicyclic amines) is 1. The van der Waals surface area contributed by atoms with Gasteiger partial charge in [-0.2, -0.15) is 0 Å². The summed E-state index contributed by atoms with van der Waals surface area (Å²) in [7, 11) is 0. The summed E-state index contributed by atoms with van der Waals surface area (Å²) >= 11 is 6.01. The summed E-state index contributed by atoms with van der Waals surface area (Å²) < 4.78 is 0. The molecule has 29 heavy (non-hydrogen) atoms. The number of nitrogens with zero attached hydrogens (tertiary/aromatic N) is 2. The molecule has 0 spiro atoms. The Hall–Kier alpha value is -2.86. The van der Waals surface area contributed by atoms with Gasteiger partial charge in [0.15, 0.2) is 0 Å². The molecular weight excluding hydrogens is 388 g/mol. The van der Waals surface area contributed by atoms with E-state index < -0.39 is 0 Å². The lowest BCUT2D eigenvalue weighted by Crippen LogP contribution is -2.29. The van der Waals surface area contributed by atoms with E-state index in [-0.39, 0.29) is 17.9 Å². The fraction of sp³-hybridized carbons (Fsp3) is 0.318. The van der Waals surface area contributed by atoms with Gasteiger partial charge in [0.25, 0.3) is 11.8 Å². The van der Waals surface area contributed by atoms with Gasteiger partial charge in [-0.3, -0.25) is 9.59 Å². The Bertz CT molecular complexity index is 1090. The number of hydrogen-bond donors (Lipinski definition) is 2. The molecule has 4 rings (SSSR count). The van der Waals surface area contributed by atoms with Crippen molar-refractivity contribution in [3.05, 3.63) is 63.9 Å². The van der Waals surface area contributed by atoms with E-state index in [4.69, 9.17) is 11.6 Å². The summed E-state index contributed by atoms with van der Waals surface area (Å²) in [6.07, 6.45) is 2.11. The normalized spacial score (nSPS) is 14.9. The number of fused-ring (bicyclic) bond motifs is 1. The minimum atomic E-state index is -0.306. The number of carbonyl (C=O) groups excluding carboxylic acids is 2. The van der Waals surface area contributed by atoms with Crippen LogP contribution in [0.15, 0.2) is 36.4 Å². The predicted molar refractivity (Wildman–Crippen MR) is 113 cm³/mol. The number of rotatable bonds is 4. The van der Waals surface area contributed by atoms with Gasteiger partial charge in [0.1, 0.15) is 5.82 Å².